The van der Waals surface area contributed by atoms with Gasteiger partial charge < -0.3 is 14.8 Å². The number of hydrogen-bond acceptors (Lipinski definition) is 4. The summed E-state index contributed by atoms with van der Waals surface area (Å²) in [4.78, 5) is 14.4. The van der Waals surface area contributed by atoms with Gasteiger partial charge in [-0.2, -0.15) is 0 Å². The van der Waals surface area contributed by atoms with Crippen molar-refractivity contribution < 1.29 is 14.3 Å². The Morgan fingerprint density at radius 3 is 2.85 bits per heavy atom. The van der Waals surface area contributed by atoms with E-state index in [0.717, 1.165) is 29.0 Å². The third kappa shape index (κ3) is 4.76. The van der Waals surface area contributed by atoms with Crippen LogP contribution >= 0.6 is 0 Å². The number of benzene rings is 2. The Morgan fingerprint density at radius 2 is 2.00 bits per heavy atom. The fourth-order valence-electron chi connectivity index (χ4n) is 3.09. The second-order valence-electron chi connectivity index (χ2n) is 6.65. The van der Waals surface area contributed by atoms with Gasteiger partial charge in [0.05, 0.1) is 19.2 Å². The van der Waals surface area contributed by atoms with E-state index in [2.05, 4.69) is 5.32 Å². The fraction of sp³-hybridized carbons (Fsp3) is 0.381. The van der Waals surface area contributed by atoms with Crippen LogP contribution in [-0.4, -0.2) is 44.2 Å². The maximum absolute atomic E-state index is 12.4. The summed E-state index contributed by atoms with van der Waals surface area (Å²) in [5, 5.41) is 3.12. The van der Waals surface area contributed by atoms with Gasteiger partial charge in [0.1, 0.15) is 18.1 Å². The lowest BCUT2D eigenvalue weighted by Crippen LogP contribution is -2.39. The van der Waals surface area contributed by atoms with E-state index in [0.29, 0.717) is 26.3 Å². The fourth-order valence-corrected chi connectivity index (χ4v) is 3.09. The Labute approximate surface area is 154 Å². The number of ether oxygens (including phenoxy) is 2. The van der Waals surface area contributed by atoms with Crippen molar-refractivity contribution in [1.29, 1.82) is 0 Å². The molecule has 1 unspecified atom stereocenters. The van der Waals surface area contributed by atoms with Crippen molar-refractivity contribution in [2.45, 2.75) is 19.4 Å². The van der Waals surface area contributed by atoms with Crippen LogP contribution in [-0.2, 0) is 4.79 Å². The van der Waals surface area contributed by atoms with Gasteiger partial charge in [-0.25, -0.2) is 0 Å². The molecule has 2 aromatic carbocycles. The molecule has 1 heterocycles. The minimum atomic E-state index is 0.0177. The van der Waals surface area contributed by atoms with E-state index in [1.807, 2.05) is 67.4 Å². The molecule has 0 bridgehead atoms. The average molecular weight is 354 g/mol. The zero-order valence-electron chi connectivity index (χ0n) is 15.4. The molecule has 0 spiro atoms. The Kier molecular flexibility index (Phi) is 6.12. The first kappa shape index (κ1) is 18.3. The summed E-state index contributed by atoms with van der Waals surface area (Å²) in [6, 6.07) is 15.8. The van der Waals surface area contributed by atoms with Gasteiger partial charge in [0.2, 0.25) is 5.91 Å². The van der Waals surface area contributed by atoms with Crippen LogP contribution in [0.4, 0.5) is 0 Å². The zero-order chi connectivity index (χ0) is 18.4. The number of likely N-dealkylation sites (N-methyl/N-ethyl adjacent to an activating group) is 1. The van der Waals surface area contributed by atoms with Crippen LogP contribution in [0.5, 0.6) is 11.5 Å². The summed E-state index contributed by atoms with van der Waals surface area (Å²) >= 11 is 0. The average Bonchev–Trinajstić information content (AvgIpc) is 2.63. The van der Waals surface area contributed by atoms with E-state index in [1.54, 1.807) is 0 Å². The van der Waals surface area contributed by atoms with Gasteiger partial charge in [0.25, 0.3) is 0 Å². The molecular formula is C21H26N2O3. The van der Waals surface area contributed by atoms with E-state index in [1.165, 1.54) is 0 Å². The predicted molar refractivity (Wildman–Crippen MR) is 102 cm³/mol. The number of hydrogen-bond donors (Lipinski definition) is 1. The highest BCUT2D eigenvalue weighted by Gasteiger charge is 2.22. The SMILES string of the molecule is Cc1ccccc1OCCN(C)CC(=O)NC1CCOc2ccccc21. The minimum Gasteiger partial charge on any atom is -0.493 e. The number of amides is 1. The third-order valence-electron chi connectivity index (χ3n) is 4.53. The normalized spacial score (nSPS) is 15.9. The van der Waals surface area contributed by atoms with E-state index >= 15 is 0 Å². The van der Waals surface area contributed by atoms with Crippen molar-refractivity contribution in [2.75, 3.05) is 33.4 Å². The maximum Gasteiger partial charge on any atom is 0.234 e. The second-order valence-corrected chi connectivity index (χ2v) is 6.65. The summed E-state index contributed by atoms with van der Waals surface area (Å²) < 4.78 is 11.4. The molecule has 0 saturated heterocycles. The van der Waals surface area contributed by atoms with Crippen molar-refractivity contribution >= 4 is 5.91 Å². The minimum absolute atomic E-state index is 0.0177. The van der Waals surface area contributed by atoms with E-state index in [4.69, 9.17) is 9.47 Å². The number of carbonyl (C=O) groups excluding carboxylic acids is 1. The number of carbonyl (C=O) groups is 1. The molecule has 26 heavy (non-hydrogen) atoms. The number of fused-ring (bicyclic) bond motifs is 1. The van der Waals surface area contributed by atoms with E-state index in [-0.39, 0.29) is 11.9 Å². The molecule has 0 radical (unpaired) electrons. The highest BCUT2D eigenvalue weighted by molar-refractivity contribution is 5.78. The van der Waals surface area contributed by atoms with Crippen molar-refractivity contribution in [3.05, 3.63) is 59.7 Å². The lowest BCUT2D eigenvalue weighted by atomic mass is 10.0. The molecule has 0 fully saturated rings. The van der Waals surface area contributed by atoms with Crippen molar-refractivity contribution in [2.24, 2.45) is 0 Å². The molecule has 2 aromatic rings. The summed E-state index contributed by atoms with van der Waals surface area (Å²) in [7, 11) is 1.93. The van der Waals surface area contributed by atoms with Gasteiger partial charge in [-0.05, 0) is 31.7 Å². The van der Waals surface area contributed by atoms with Crippen LogP contribution in [0.2, 0.25) is 0 Å². The maximum atomic E-state index is 12.4. The first-order chi connectivity index (χ1) is 12.6. The number of nitrogens with zero attached hydrogens (tertiary/aromatic N) is 1. The topological polar surface area (TPSA) is 50.8 Å². The van der Waals surface area contributed by atoms with Gasteiger partial charge >= 0.3 is 0 Å². The molecule has 3 rings (SSSR count). The quantitative estimate of drug-likeness (QED) is 0.831. The van der Waals surface area contributed by atoms with E-state index < -0.39 is 0 Å². The monoisotopic (exact) mass is 354 g/mol. The molecule has 5 nitrogen and oxygen atoms in total. The van der Waals surface area contributed by atoms with Gasteiger partial charge in [-0.3, -0.25) is 9.69 Å². The van der Waals surface area contributed by atoms with Gasteiger partial charge in [-0.1, -0.05) is 36.4 Å². The Bertz CT molecular complexity index is 748. The van der Waals surface area contributed by atoms with Crippen LogP contribution < -0.4 is 14.8 Å². The molecular weight excluding hydrogens is 328 g/mol. The first-order valence-corrected chi connectivity index (χ1v) is 9.01. The van der Waals surface area contributed by atoms with Crippen LogP contribution in [0.25, 0.3) is 0 Å². The van der Waals surface area contributed by atoms with Crippen LogP contribution in [0.1, 0.15) is 23.6 Å². The Morgan fingerprint density at radius 1 is 1.23 bits per heavy atom. The lowest BCUT2D eigenvalue weighted by molar-refractivity contribution is -0.122. The summed E-state index contributed by atoms with van der Waals surface area (Å²) in [5.41, 5.74) is 2.17. The molecule has 1 aliphatic rings. The summed E-state index contributed by atoms with van der Waals surface area (Å²) in [6.07, 6.45) is 0.795. The largest absolute Gasteiger partial charge is 0.493 e. The van der Waals surface area contributed by atoms with Crippen molar-refractivity contribution in [3.63, 3.8) is 0 Å². The third-order valence-corrected chi connectivity index (χ3v) is 4.53. The summed E-state index contributed by atoms with van der Waals surface area (Å²) in [6.45, 7) is 4.23. The van der Waals surface area contributed by atoms with Crippen molar-refractivity contribution in [1.82, 2.24) is 10.2 Å². The summed E-state index contributed by atoms with van der Waals surface area (Å²) in [5.74, 6) is 1.78. The molecule has 1 N–H and O–H groups in total. The van der Waals surface area contributed by atoms with Gasteiger partial charge in [-0.15, -0.1) is 0 Å². The molecule has 138 valence electrons. The molecule has 0 aromatic heterocycles. The van der Waals surface area contributed by atoms with Crippen LogP contribution in [0, 0.1) is 6.92 Å². The van der Waals surface area contributed by atoms with Crippen LogP contribution in [0.15, 0.2) is 48.5 Å². The molecule has 1 amide bonds. The Hall–Kier alpha value is -2.53. The molecule has 1 aliphatic heterocycles. The number of nitrogens with one attached hydrogen (secondary N) is 1. The molecule has 0 aliphatic carbocycles. The smallest absolute Gasteiger partial charge is 0.234 e. The van der Waals surface area contributed by atoms with Crippen molar-refractivity contribution in [3.8, 4) is 11.5 Å². The standard InChI is InChI=1S/C21H26N2O3/c1-16-7-3-5-9-19(16)26-14-12-23(2)15-21(24)22-18-11-13-25-20-10-6-4-8-17(18)20/h3-10,18H,11-15H2,1-2H3,(H,22,24). The number of rotatable bonds is 7. The lowest BCUT2D eigenvalue weighted by Gasteiger charge is -2.27. The van der Waals surface area contributed by atoms with Gasteiger partial charge in [0, 0.05) is 18.5 Å². The highest BCUT2D eigenvalue weighted by atomic mass is 16.5. The number of para-hydroxylation sites is 2. The van der Waals surface area contributed by atoms with E-state index in [9.17, 15) is 4.79 Å². The molecule has 5 heteroatoms. The Balaban J connectivity index is 1.44. The van der Waals surface area contributed by atoms with Gasteiger partial charge in [0.15, 0.2) is 0 Å². The predicted octanol–water partition coefficient (Wildman–Crippen LogP) is 2.95. The molecule has 0 saturated carbocycles. The van der Waals surface area contributed by atoms with Crippen LogP contribution in [0.3, 0.4) is 0 Å². The first-order valence-electron chi connectivity index (χ1n) is 9.01. The second kappa shape index (κ2) is 8.72. The molecule has 1 atom stereocenters. The zero-order valence-corrected chi connectivity index (χ0v) is 15.4. The highest BCUT2D eigenvalue weighted by Crippen LogP contribution is 2.31. The number of aryl methyl sites for hydroxylation is 1.